The van der Waals surface area contributed by atoms with Gasteiger partial charge in [0.15, 0.2) is 0 Å². The molecular weight excluding hydrogens is 606 g/mol. The molecule has 1 aromatic rings. The zero-order valence-electron chi connectivity index (χ0n) is 26.6. The molecule has 0 aliphatic carbocycles. The summed E-state index contributed by atoms with van der Waals surface area (Å²) in [6, 6.07) is 5.26. The van der Waals surface area contributed by atoms with Crippen LogP contribution in [0.2, 0.25) is 0 Å². The molecule has 0 spiro atoms. The van der Waals surface area contributed by atoms with Gasteiger partial charge in [0.05, 0.1) is 0 Å². The lowest BCUT2D eigenvalue weighted by atomic mass is 10.1. The highest BCUT2D eigenvalue weighted by Crippen LogP contribution is 2.15. The molecule has 0 heterocycles. The fourth-order valence-electron chi connectivity index (χ4n) is 3.69. The van der Waals surface area contributed by atoms with Crippen molar-refractivity contribution in [3.05, 3.63) is 34.3 Å². The van der Waals surface area contributed by atoms with Crippen molar-refractivity contribution in [3.8, 4) is 0 Å². The van der Waals surface area contributed by atoms with Gasteiger partial charge in [-0.15, -0.1) is 0 Å². The maximum absolute atomic E-state index is 13.0. The van der Waals surface area contributed by atoms with Gasteiger partial charge in [-0.25, -0.2) is 14.4 Å². The van der Waals surface area contributed by atoms with Gasteiger partial charge < -0.3 is 30.2 Å². The second-order valence-electron chi connectivity index (χ2n) is 13.2. The minimum atomic E-state index is -1.13. The fourth-order valence-corrected chi connectivity index (χ4v) is 3.95. The van der Waals surface area contributed by atoms with E-state index in [9.17, 15) is 19.2 Å². The van der Waals surface area contributed by atoms with Gasteiger partial charge in [0.2, 0.25) is 0 Å². The van der Waals surface area contributed by atoms with E-state index in [-0.39, 0.29) is 12.8 Å². The number of rotatable bonds is 14. The standard InChI is InChI=1S/C31H50BrN3O7/c1-29(2,3)40-25(36)18-17-24(27(38)42-31(7,8)9)35-28(39)34-23(26(37)41-30(4,5)6)12-10-11-19-33-20-21-13-15-22(32)16-14-21/h13-16,23-24,33H,10-12,17-20H2,1-9H3,(H2,34,35,39)/t23-,24-/m0/s1. The summed E-state index contributed by atoms with van der Waals surface area (Å²) in [5.41, 5.74) is -1.07. The van der Waals surface area contributed by atoms with Gasteiger partial charge >= 0.3 is 23.9 Å². The van der Waals surface area contributed by atoms with E-state index in [1.165, 1.54) is 0 Å². The Balaban J connectivity index is 2.80. The SMILES string of the molecule is CC(C)(C)OC(=O)CC[C@H](NC(=O)N[C@@H](CCCCNCc1ccc(Br)cc1)C(=O)OC(C)(C)C)C(=O)OC(C)(C)C. The Kier molecular flexibility index (Phi) is 15.0. The Morgan fingerprint density at radius 3 is 1.67 bits per heavy atom. The van der Waals surface area contributed by atoms with Crippen molar-refractivity contribution in [2.75, 3.05) is 6.54 Å². The molecule has 2 atom stereocenters. The summed E-state index contributed by atoms with van der Waals surface area (Å²) in [5.74, 6) is -1.76. The molecule has 10 nitrogen and oxygen atoms in total. The van der Waals surface area contributed by atoms with Crippen LogP contribution in [-0.2, 0) is 35.1 Å². The monoisotopic (exact) mass is 655 g/mol. The van der Waals surface area contributed by atoms with E-state index < -0.39 is 52.8 Å². The number of hydrogen-bond donors (Lipinski definition) is 3. The van der Waals surface area contributed by atoms with Crippen LogP contribution < -0.4 is 16.0 Å². The summed E-state index contributed by atoms with van der Waals surface area (Å²) in [6.45, 7) is 17.1. The Hall–Kier alpha value is -2.66. The van der Waals surface area contributed by atoms with Gasteiger partial charge in [0.1, 0.15) is 28.9 Å². The lowest BCUT2D eigenvalue weighted by Gasteiger charge is -2.27. The number of nitrogens with one attached hydrogen (secondary N) is 3. The summed E-state index contributed by atoms with van der Waals surface area (Å²) in [5, 5.41) is 8.62. The molecule has 11 heteroatoms. The van der Waals surface area contributed by atoms with Gasteiger partial charge in [0.25, 0.3) is 0 Å². The molecule has 0 unspecified atom stereocenters. The van der Waals surface area contributed by atoms with Gasteiger partial charge in [-0.3, -0.25) is 4.79 Å². The molecule has 0 saturated carbocycles. The summed E-state index contributed by atoms with van der Waals surface area (Å²) >= 11 is 3.43. The minimum absolute atomic E-state index is 0.0294. The zero-order chi connectivity index (χ0) is 32.1. The first-order valence-corrected chi connectivity index (χ1v) is 15.2. The molecule has 0 saturated heterocycles. The van der Waals surface area contributed by atoms with Gasteiger partial charge in [0, 0.05) is 17.4 Å². The maximum Gasteiger partial charge on any atom is 0.329 e. The molecule has 0 bridgehead atoms. The average molecular weight is 657 g/mol. The number of urea groups is 1. The molecule has 42 heavy (non-hydrogen) atoms. The summed E-state index contributed by atoms with van der Waals surface area (Å²) < 4.78 is 17.3. The minimum Gasteiger partial charge on any atom is -0.460 e. The third-order valence-electron chi connectivity index (χ3n) is 5.39. The van der Waals surface area contributed by atoms with Crippen LogP contribution in [0, 0.1) is 0 Å². The van der Waals surface area contributed by atoms with Crippen LogP contribution in [0.4, 0.5) is 4.79 Å². The Morgan fingerprint density at radius 2 is 1.19 bits per heavy atom. The van der Waals surface area contributed by atoms with Crippen LogP contribution in [0.15, 0.2) is 28.7 Å². The van der Waals surface area contributed by atoms with Gasteiger partial charge in [-0.2, -0.15) is 0 Å². The molecule has 0 aliphatic rings. The van der Waals surface area contributed by atoms with Crippen LogP contribution in [-0.4, -0.2) is 59.4 Å². The van der Waals surface area contributed by atoms with E-state index in [1.807, 2.05) is 24.3 Å². The van der Waals surface area contributed by atoms with E-state index in [0.29, 0.717) is 12.8 Å². The van der Waals surface area contributed by atoms with E-state index in [0.717, 1.165) is 29.5 Å². The topological polar surface area (TPSA) is 132 Å². The van der Waals surface area contributed by atoms with Crippen molar-refractivity contribution in [1.82, 2.24) is 16.0 Å². The smallest absolute Gasteiger partial charge is 0.329 e. The third-order valence-corrected chi connectivity index (χ3v) is 5.92. The molecule has 238 valence electrons. The predicted molar refractivity (Wildman–Crippen MR) is 166 cm³/mol. The molecule has 0 radical (unpaired) electrons. The van der Waals surface area contributed by atoms with Crippen LogP contribution >= 0.6 is 15.9 Å². The van der Waals surface area contributed by atoms with Crippen molar-refractivity contribution in [1.29, 1.82) is 0 Å². The molecular formula is C31H50BrN3O7. The Labute approximate surface area is 259 Å². The number of benzene rings is 1. The van der Waals surface area contributed by atoms with E-state index in [4.69, 9.17) is 14.2 Å². The van der Waals surface area contributed by atoms with Crippen molar-refractivity contribution in [3.63, 3.8) is 0 Å². The molecule has 0 fully saturated rings. The Morgan fingerprint density at radius 1 is 0.714 bits per heavy atom. The normalized spacial score (nSPS) is 13.5. The highest BCUT2D eigenvalue weighted by atomic mass is 79.9. The molecule has 1 aromatic carbocycles. The van der Waals surface area contributed by atoms with Gasteiger partial charge in [-0.05, 0) is 112 Å². The van der Waals surface area contributed by atoms with Crippen LogP contribution in [0.1, 0.15) is 100.0 Å². The van der Waals surface area contributed by atoms with Crippen molar-refractivity contribution in [2.24, 2.45) is 0 Å². The van der Waals surface area contributed by atoms with Crippen LogP contribution in [0.25, 0.3) is 0 Å². The number of ether oxygens (including phenoxy) is 3. The molecule has 2 amide bonds. The lowest BCUT2D eigenvalue weighted by Crippen LogP contribution is -2.53. The molecule has 0 aliphatic heterocycles. The summed E-state index contributed by atoms with van der Waals surface area (Å²) in [4.78, 5) is 51.1. The maximum atomic E-state index is 13.0. The molecule has 0 aromatic heterocycles. The first kappa shape index (κ1) is 37.4. The van der Waals surface area contributed by atoms with Gasteiger partial charge in [-0.1, -0.05) is 28.1 Å². The predicted octanol–water partition coefficient (Wildman–Crippen LogP) is 5.55. The fraction of sp³-hybridized carbons (Fsp3) is 0.677. The van der Waals surface area contributed by atoms with E-state index >= 15 is 0 Å². The van der Waals surface area contributed by atoms with Crippen molar-refractivity contribution in [2.45, 2.75) is 130 Å². The van der Waals surface area contributed by atoms with Crippen LogP contribution in [0.5, 0.6) is 0 Å². The second-order valence-corrected chi connectivity index (χ2v) is 14.1. The largest absolute Gasteiger partial charge is 0.460 e. The average Bonchev–Trinajstić information content (AvgIpc) is 2.80. The summed E-state index contributed by atoms with van der Waals surface area (Å²) in [7, 11) is 0. The van der Waals surface area contributed by atoms with Crippen molar-refractivity contribution < 1.29 is 33.4 Å². The zero-order valence-corrected chi connectivity index (χ0v) is 28.2. The number of carbonyl (C=O) groups excluding carboxylic acids is 4. The van der Waals surface area contributed by atoms with Crippen molar-refractivity contribution >= 4 is 39.9 Å². The molecule has 3 N–H and O–H groups in total. The number of halogens is 1. The number of hydrogen-bond acceptors (Lipinski definition) is 8. The Bertz CT molecular complexity index is 1020. The number of amides is 2. The molecule has 1 rings (SSSR count). The second kappa shape index (κ2) is 16.8. The highest BCUT2D eigenvalue weighted by molar-refractivity contribution is 9.10. The summed E-state index contributed by atoms with van der Waals surface area (Å²) in [6.07, 6.45) is 1.63. The first-order valence-electron chi connectivity index (χ1n) is 14.4. The van der Waals surface area contributed by atoms with E-state index in [1.54, 1.807) is 62.3 Å². The highest BCUT2D eigenvalue weighted by Gasteiger charge is 2.31. The van der Waals surface area contributed by atoms with Crippen LogP contribution in [0.3, 0.4) is 0 Å². The quantitative estimate of drug-likeness (QED) is 0.135. The first-order chi connectivity index (χ1) is 19.2. The number of carbonyl (C=O) groups is 4. The third kappa shape index (κ3) is 18.0. The lowest BCUT2D eigenvalue weighted by molar-refractivity contribution is -0.159. The number of unbranched alkanes of at least 4 members (excludes halogenated alkanes) is 1. The number of esters is 3. The van der Waals surface area contributed by atoms with E-state index in [2.05, 4.69) is 31.9 Å².